The molecular formula is C19H21FN4O2S. The van der Waals surface area contributed by atoms with Gasteiger partial charge in [0.2, 0.25) is 5.95 Å². The number of hydrogen-bond acceptors (Lipinski definition) is 6. The molecule has 6 nitrogen and oxygen atoms in total. The third-order valence-electron chi connectivity index (χ3n) is 3.89. The number of halogens is 1. The molecule has 2 N–H and O–H groups in total. The first kappa shape index (κ1) is 19.1. The van der Waals surface area contributed by atoms with Crippen LogP contribution in [0.4, 0.5) is 16.0 Å². The number of aromatic nitrogens is 3. The van der Waals surface area contributed by atoms with Gasteiger partial charge < -0.3 is 14.6 Å². The van der Waals surface area contributed by atoms with Crippen molar-refractivity contribution in [3.8, 4) is 17.1 Å². The van der Waals surface area contributed by atoms with E-state index in [1.54, 1.807) is 6.07 Å². The van der Waals surface area contributed by atoms with Crippen molar-refractivity contribution in [3.05, 3.63) is 60.2 Å². The molecule has 0 aliphatic carbocycles. The summed E-state index contributed by atoms with van der Waals surface area (Å²) in [5, 5.41) is 3.14. The van der Waals surface area contributed by atoms with Crippen LogP contribution in [0.15, 0.2) is 48.8 Å². The number of methoxy groups -OCH3 is 1. The lowest BCUT2D eigenvalue weighted by Gasteiger charge is -2.13. The molecule has 0 bridgehead atoms. The van der Waals surface area contributed by atoms with Crippen molar-refractivity contribution >= 4 is 22.8 Å². The van der Waals surface area contributed by atoms with Crippen LogP contribution in [0.2, 0.25) is 0 Å². The Hall–Kier alpha value is -2.71. The minimum atomic E-state index is -0.984. The molecule has 1 aromatic heterocycles. The summed E-state index contributed by atoms with van der Waals surface area (Å²) in [6.45, 7) is 1.98. The average Bonchev–Trinajstić information content (AvgIpc) is 2.68. The molecule has 1 heterocycles. The third-order valence-corrected chi connectivity index (χ3v) is 5.35. The molecule has 0 saturated carbocycles. The number of nitrogens with zero attached hydrogens (tertiary/aromatic N) is 3. The number of ether oxygens (including phenoxy) is 1. The summed E-state index contributed by atoms with van der Waals surface area (Å²) in [6.07, 6.45) is 1.39. The van der Waals surface area contributed by atoms with E-state index in [-0.39, 0.29) is 0 Å². The van der Waals surface area contributed by atoms with E-state index >= 15 is 0 Å². The van der Waals surface area contributed by atoms with Gasteiger partial charge in [0, 0.05) is 17.5 Å². The van der Waals surface area contributed by atoms with E-state index in [0.717, 1.165) is 17.0 Å². The Morgan fingerprint density at radius 2 is 2.04 bits per heavy atom. The van der Waals surface area contributed by atoms with Gasteiger partial charge >= 0.3 is 0 Å². The Kier molecular flexibility index (Phi) is 6.20. The Bertz CT molecular complexity index is 926. The van der Waals surface area contributed by atoms with Gasteiger partial charge in [0.05, 0.1) is 12.7 Å². The summed E-state index contributed by atoms with van der Waals surface area (Å²) in [7, 11) is 1.47. The van der Waals surface area contributed by atoms with Crippen molar-refractivity contribution in [2.45, 2.75) is 12.7 Å². The summed E-state index contributed by atoms with van der Waals surface area (Å²) in [5.41, 5.74) is 2.44. The minimum Gasteiger partial charge on any atom is -0.496 e. The standard InChI is InChI=1S/C19H21FN4O2S/c1-3-27(25)11-13-5-4-6-15(9-13)23-19-22-12-21-18(24-19)16-8-7-14(20)10-17(16)26-2/h4-10,12,25,27H,3,11H2,1-2H3,(H,21,22,23,24). The third kappa shape index (κ3) is 4.93. The molecule has 0 saturated heterocycles. The van der Waals surface area contributed by atoms with Crippen LogP contribution in [-0.4, -0.2) is 32.4 Å². The van der Waals surface area contributed by atoms with E-state index in [1.807, 2.05) is 31.2 Å². The summed E-state index contributed by atoms with van der Waals surface area (Å²) >= 11 is -0.984. The largest absolute Gasteiger partial charge is 0.496 e. The molecule has 0 spiro atoms. The number of benzene rings is 2. The van der Waals surface area contributed by atoms with Crippen LogP contribution < -0.4 is 10.1 Å². The lowest BCUT2D eigenvalue weighted by Crippen LogP contribution is -2.01. The first-order valence-electron chi connectivity index (χ1n) is 8.41. The first-order chi connectivity index (χ1) is 13.1. The van der Waals surface area contributed by atoms with Crippen LogP contribution in [0.3, 0.4) is 0 Å². The summed E-state index contributed by atoms with van der Waals surface area (Å²) < 4.78 is 28.5. The fourth-order valence-electron chi connectivity index (χ4n) is 2.54. The summed E-state index contributed by atoms with van der Waals surface area (Å²) in [5.74, 6) is 2.12. The fraction of sp³-hybridized carbons (Fsp3) is 0.211. The molecule has 0 radical (unpaired) electrons. The first-order valence-corrected chi connectivity index (χ1v) is 10.1. The topological polar surface area (TPSA) is 80.2 Å². The second kappa shape index (κ2) is 8.79. The van der Waals surface area contributed by atoms with Crippen LogP contribution >= 0.6 is 11.2 Å². The molecule has 142 valence electrons. The van der Waals surface area contributed by atoms with Gasteiger partial charge in [-0.3, -0.25) is 0 Å². The van der Waals surface area contributed by atoms with Gasteiger partial charge in [0.25, 0.3) is 0 Å². The van der Waals surface area contributed by atoms with Gasteiger partial charge in [-0.25, -0.2) is 14.4 Å². The van der Waals surface area contributed by atoms with Crippen molar-refractivity contribution in [1.29, 1.82) is 0 Å². The van der Waals surface area contributed by atoms with Crippen molar-refractivity contribution in [3.63, 3.8) is 0 Å². The van der Waals surface area contributed by atoms with E-state index in [0.29, 0.717) is 28.8 Å². The highest BCUT2D eigenvalue weighted by Gasteiger charge is 2.11. The normalized spacial score (nSPS) is 12.5. The molecule has 0 aliphatic heterocycles. The Balaban J connectivity index is 1.84. The number of rotatable bonds is 7. The van der Waals surface area contributed by atoms with Crippen LogP contribution in [-0.2, 0) is 5.75 Å². The maximum Gasteiger partial charge on any atom is 0.230 e. The highest BCUT2D eigenvalue weighted by molar-refractivity contribution is 8.11. The monoisotopic (exact) mass is 388 g/mol. The molecule has 0 amide bonds. The average molecular weight is 388 g/mol. The van der Waals surface area contributed by atoms with Crippen molar-refractivity contribution in [1.82, 2.24) is 15.0 Å². The maximum absolute atomic E-state index is 13.4. The smallest absolute Gasteiger partial charge is 0.230 e. The van der Waals surface area contributed by atoms with E-state index in [1.165, 1.54) is 25.6 Å². The molecule has 2 aromatic carbocycles. The quantitative estimate of drug-likeness (QED) is 0.520. The van der Waals surface area contributed by atoms with Crippen molar-refractivity contribution < 1.29 is 13.7 Å². The predicted octanol–water partition coefficient (Wildman–Crippen LogP) is 4.42. The number of hydrogen-bond donors (Lipinski definition) is 3. The zero-order valence-electron chi connectivity index (χ0n) is 15.1. The van der Waals surface area contributed by atoms with Crippen molar-refractivity contribution in [2.75, 3.05) is 18.2 Å². The second-order valence-electron chi connectivity index (χ2n) is 5.78. The van der Waals surface area contributed by atoms with Crippen molar-refractivity contribution in [2.24, 2.45) is 0 Å². The maximum atomic E-state index is 13.4. The molecule has 0 fully saturated rings. The Morgan fingerprint density at radius 3 is 2.81 bits per heavy atom. The zero-order valence-corrected chi connectivity index (χ0v) is 15.9. The second-order valence-corrected chi connectivity index (χ2v) is 7.75. The molecule has 27 heavy (non-hydrogen) atoms. The van der Waals surface area contributed by atoms with Gasteiger partial charge in [-0.1, -0.05) is 19.1 Å². The van der Waals surface area contributed by atoms with Crippen LogP contribution in [0.5, 0.6) is 5.75 Å². The van der Waals surface area contributed by atoms with Crippen LogP contribution in [0.25, 0.3) is 11.4 Å². The number of nitrogens with one attached hydrogen (secondary N) is 1. The minimum absolute atomic E-state index is 0.352. The van der Waals surface area contributed by atoms with Gasteiger partial charge in [-0.05, 0) is 35.6 Å². The van der Waals surface area contributed by atoms with E-state index in [9.17, 15) is 8.94 Å². The summed E-state index contributed by atoms with van der Waals surface area (Å²) in [6, 6.07) is 12.0. The summed E-state index contributed by atoms with van der Waals surface area (Å²) in [4.78, 5) is 12.7. The fourth-order valence-corrected chi connectivity index (χ4v) is 3.38. The molecule has 3 aromatic rings. The number of anilines is 2. The van der Waals surface area contributed by atoms with Crippen LogP contribution in [0, 0.1) is 5.82 Å². The van der Waals surface area contributed by atoms with Gasteiger partial charge in [0.15, 0.2) is 5.82 Å². The SMILES string of the molecule is CC[SH](O)Cc1cccc(Nc2ncnc(-c3ccc(F)cc3OC)n2)c1. The molecule has 1 atom stereocenters. The lowest BCUT2D eigenvalue weighted by atomic mass is 10.2. The Labute approximate surface area is 160 Å². The van der Waals surface area contributed by atoms with E-state index in [4.69, 9.17) is 4.74 Å². The molecule has 8 heteroatoms. The predicted molar refractivity (Wildman–Crippen MR) is 107 cm³/mol. The lowest BCUT2D eigenvalue weighted by molar-refractivity contribution is 0.412. The molecule has 0 aliphatic rings. The van der Waals surface area contributed by atoms with Gasteiger partial charge in [-0.15, -0.1) is 11.2 Å². The van der Waals surface area contributed by atoms with E-state index in [2.05, 4.69) is 20.3 Å². The highest BCUT2D eigenvalue weighted by Crippen LogP contribution is 2.29. The Morgan fingerprint density at radius 1 is 1.19 bits per heavy atom. The molecular weight excluding hydrogens is 367 g/mol. The molecule has 3 rings (SSSR count). The highest BCUT2D eigenvalue weighted by atomic mass is 32.2. The molecule has 1 unspecified atom stereocenters. The van der Waals surface area contributed by atoms with E-state index < -0.39 is 17.0 Å². The van der Waals surface area contributed by atoms with Gasteiger partial charge in [-0.2, -0.15) is 4.98 Å². The number of thiol groups is 1. The zero-order chi connectivity index (χ0) is 19.2. The van der Waals surface area contributed by atoms with Crippen LogP contribution in [0.1, 0.15) is 12.5 Å². The van der Waals surface area contributed by atoms with Gasteiger partial charge in [0.1, 0.15) is 17.9 Å².